The van der Waals surface area contributed by atoms with Gasteiger partial charge in [-0.15, -0.1) is 0 Å². The fraction of sp³-hybridized carbons (Fsp3) is 0.917. The Hall–Kier alpha value is -0.570. The average Bonchev–Trinajstić information content (AvgIpc) is 2.55. The summed E-state index contributed by atoms with van der Waals surface area (Å²) in [6.07, 6.45) is 5.10. The Kier molecular flexibility index (Phi) is 3.62. The molecule has 2 atom stereocenters. The predicted molar refractivity (Wildman–Crippen MR) is 58.4 cm³/mol. The van der Waals surface area contributed by atoms with Crippen molar-refractivity contribution in [2.45, 2.75) is 32.6 Å². The third kappa shape index (κ3) is 2.71. The molecule has 1 aliphatic carbocycles. The van der Waals surface area contributed by atoms with Crippen LogP contribution in [0, 0.1) is 17.8 Å². The van der Waals surface area contributed by atoms with E-state index in [1.54, 1.807) is 0 Å². The van der Waals surface area contributed by atoms with Gasteiger partial charge in [-0.05, 0) is 24.8 Å². The summed E-state index contributed by atoms with van der Waals surface area (Å²) in [4.78, 5) is 11.7. The average molecular weight is 211 g/mol. The maximum Gasteiger partial charge on any atom is 0.310 e. The molecular formula is C12H21NO2. The van der Waals surface area contributed by atoms with Crippen LogP contribution in [0.15, 0.2) is 0 Å². The maximum absolute atomic E-state index is 11.7. The van der Waals surface area contributed by atoms with Crippen LogP contribution >= 0.6 is 0 Å². The standard InChI is InChI=1S/C12H21NO2/c1-9-7-13-8-11(9)12(14)15-6-5-10-3-2-4-10/h9-11,13H,2-8H2,1H3/t9-,11-/m1/s1. The summed E-state index contributed by atoms with van der Waals surface area (Å²) >= 11 is 0. The molecule has 1 heterocycles. The van der Waals surface area contributed by atoms with E-state index in [-0.39, 0.29) is 11.9 Å². The van der Waals surface area contributed by atoms with Gasteiger partial charge in [0.2, 0.25) is 0 Å². The first kappa shape index (κ1) is 10.9. The molecule has 1 saturated carbocycles. The van der Waals surface area contributed by atoms with Crippen molar-refractivity contribution in [3.63, 3.8) is 0 Å². The van der Waals surface area contributed by atoms with Gasteiger partial charge in [0.25, 0.3) is 0 Å². The second-order valence-electron chi connectivity index (χ2n) is 5.00. The van der Waals surface area contributed by atoms with Crippen molar-refractivity contribution in [3.8, 4) is 0 Å². The summed E-state index contributed by atoms with van der Waals surface area (Å²) in [5.41, 5.74) is 0. The lowest BCUT2D eigenvalue weighted by atomic mass is 9.83. The summed E-state index contributed by atoms with van der Waals surface area (Å²) in [7, 11) is 0. The van der Waals surface area contributed by atoms with Crippen LogP contribution in [0.25, 0.3) is 0 Å². The first-order valence-electron chi connectivity index (χ1n) is 6.14. The molecule has 0 aromatic heterocycles. The Morgan fingerprint density at radius 3 is 2.73 bits per heavy atom. The molecule has 0 bridgehead atoms. The van der Waals surface area contributed by atoms with Crippen LogP contribution in [0.3, 0.4) is 0 Å². The van der Waals surface area contributed by atoms with E-state index in [1.165, 1.54) is 19.3 Å². The highest BCUT2D eigenvalue weighted by Gasteiger charge is 2.30. The normalized spacial score (nSPS) is 31.3. The van der Waals surface area contributed by atoms with Gasteiger partial charge in [0.1, 0.15) is 0 Å². The van der Waals surface area contributed by atoms with Crippen LogP contribution in [-0.2, 0) is 9.53 Å². The zero-order chi connectivity index (χ0) is 10.7. The minimum atomic E-state index is 0.00632. The molecule has 1 N–H and O–H groups in total. The second kappa shape index (κ2) is 4.97. The monoisotopic (exact) mass is 211 g/mol. The summed E-state index contributed by atoms with van der Waals surface area (Å²) in [6.45, 7) is 4.48. The van der Waals surface area contributed by atoms with Crippen molar-refractivity contribution in [3.05, 3.63) is 0 Å². The minimum Gasteiger partial charge on any atom is -0.465 e. The number of rotatable bonds is 4. The number of carbonyl (C=O) groups excluding carboxylic acids is 1. The molecule has 0 radical (unpaired) electrons. The highest BCUT2D eigenvalue weighted by molar-refractivity contribution is 5.73. The van der Waals surface area contributed by atoms with E-state index < -0.39 is 0 Å². The maximum atomic E-state index is 11.7. The molecule has 86 valence electrons. The Labute approximate surface area is 91.6 Å². The van der Waals surface area contributed by atoms with Crippen molar-refractivity contribution >= 4 is 5.97 Å². The lowest BCUT2D eigenvalue weighted by molar-refractivity contribution is -0.149. The molecule has 1 aliphatic heterocycles. The Bertz CT molecular complexity index is 226. The van der Waals surface area contributed by atoms with Crippen LogP contribution in [0.5, 0.6) is 0 Å². The van der Waals surface area contributed by atoms with E-state index in [2.05, 4.69) is 12.2 Å². The largest absolute Gasteiger partial charge is 0.465 e. The van der Waals surface area contributed by atoms with Crippen molar-refractivity contribution in [2.24, 2.45) is 17.8 Å². The molecule has 2 rings (SSSR count). The number of ether oxygens (including phenoxy) is 1. The van der Waals surface area contributed by atoms with Crippen molar-refractivity contribution in [1.29, 1.82) is 0 Å². The van der Waals surface area contributed by atoms with Crippen LogP contribution < -0.4 is 5.32 Å². The summed E-state index contributed by atoms with van der Waals surface area (Å²) in [5, 5.41) is 3.22. The Morgan fingerprint density at radius 1 is 1.40 bits per heavy atom. The lowest BCUT2D eigenvalue weighted by Crippen LogP contribution is -2.25. The van der Waals surface area contributed by atoms with Crippen molar-refractivity contribution in [1.82, 2.24) is 5.32 Å². The zero-order valence-corrected chi connectivity index (χ0v) is 9.50. The number of hydrogen-bond donors (Lipinski definition) is 1. The van der Waals surface area contributed by atoms with Gasteiger partial charge in [-0.1, -0.05) is 26.2 Å². The van der Waals surface area contributed by atoms with E-state index in [4.69, 9.17) is 4.74 Å². The first-order valence-corrected chi connectivity index (χ1v) is 6.14. The van der Waals surface area contributed by atoms with E-state index in [0.717, 1.165) is 25.4 Å². The van der Waals surface area contributed by atoms with E-state index in [1.807, 2.05) is 0 Å². The lowest BCUT2D eigenvalue weighted by Gasteiger charge is -2.25. The molecule has 0 amide bonds. The minimum absolute atomic E-state index is 0.00632. The molecule has 15 heavy (non-hydrogen) atoms. The van der Waals surface area contributed by atoms with Crippen molar-refractivity contribution < 1.29 is 9.53 Å². The van der Waals surface area contributed by atoms with Gasteiger partial charge >= 0.3 is 5.97 Å². The van der Waals surface area contributed by atoms with Gasteiger partial charge in [0.05, 0.1) is 12.5 Å². The predicted octanol–water partition coefficient (Wildman–Crippen LogP) is 1.58. The quantitative estimate of drug-likeness (QED) is 0.717. The third-order valence-electron chi connectivity index (χ3n) is 3.82. The summed E-state index contributed by atoms with van der Waals surface area (Å²) < 4.78 is 5.32. The molecule has 2 aliphatic rings. The topological polar surface area (TPSA) is 38.3 Å². The third-order valence-corrected chi connectivity index (χ3v) is 3.82. The second-order valence-corrected chi connectivity index (χ2v) is 5.00. The van der Waals surface area contributed by atoms with Gasteiger partial charge < -0.3 is 10.1 Å². The van der Waals surface area contributed by atoms with Crippen LogP contribution in [0.2, 0.25) is 0 Å². The molecule has 0 aromatic carbocycles. The number of hydrogen-bond acceptors (Lipinski definition) is 3. The molecule has 0 unspecified atom stereocenters. The number of nitrogens with one attached hydrogen (secondary N) is 1. The van der Waals surface area contributed by atoms with E-state index >= 15 is 0 Å². The van der Waals surface area contributed by atoms with Gasteiger partial charge in [-0.3, -0.25) is 4.79 Å². The SMILES string of the molecule is C[C@@H]1CNC[C@H]1C(=O)OCCC1CCC1. The number of esters is 1. The summed E-state index contributed by atoms with van der Waals surface area (Å²) in [6, 6.07) is 0. The summed E-state index contributed by atoms with van der Waals surface area (Å²) in [5.74, 6) is 1.36. The van der Waals surface area contributed by atoms with E-state index in [0.29, 0.717) is 12.5 Å². The van der Waals surface area contributed by atoms with Gasteiger partial charge in [0, 0.05) is 6.54 Å². The molecule has 1 saturated heterocycles. The fourth-order valence-corrected chi connectivity index (χ4v) is 2.34. The molecular weight excluding hydrogens is 190 g/mol. The first-order chi connectivity index (χ1) is 7.27. The molecule has 0 aromatic rings. The Morgan fingerprint density at radius 2 is 2.20 bits per heavy atom. The van der Waals surface area contributed by atoms with Crippen LogP contribution in [-0.4, -0.2) is 25.7 Å². The molecule has 3 nitrogen and oxygen atoms in total. The van der Waals surface area contributed by atoms with Gasteiger partial charge in [-0.2, -0.15) is 0 Å². The van der Waals surface area contributed by atoms with Crippen molar-refractivity contribution in [2.75, 3.05) is 19.7 Å². The van der Waals surface area contributed by atoms with E-state index in [9.17, 15) is 4.79 Å². The fourth-order valence-electron chi connectivity index (χ4n) is 2.34. The smallest absolute Gasteiger partial charge is 0.310 e. The highest BCUT2D eigenvalue weighted by atomic mass is 16.5. The highest BCUT2D eigenvalue weighted by Crippen LogP contribution is 2.29. The van der Waals surface area contributed by atoms with Gasteiger partial charge in [0.15, 0.2) is 0 Å². The van der Waals surface area contributed by atoms with Gasteiger partial charge in [-0.25, -0.2) is 0 Å². The van der Waals surface area contributed by atoms with Crippen LogP contribution in [0.1, 0.15) is 32.6 Å². The zero-order valence-electron chi connectivity index (χ0n) is 9.50. The van der Waals surface area contributed by atoms with Crippen LogP contribution in [0.4, 0.5) is 0 Å². The number of carbonyl (C=O) groups is 1. The Balaban J connectivity index is 1.63. The molecule has 2 fully saturated rings. The molecule has 3 heteroatoms. The molecule has 0 spiro atoms.